The Hall–Kier alpha value is -1.36. The van der Waals surface area contributed by atoms with Crippen LogP contribution in [-0.4, -0.2) is 28.7 Å². The summed E-state index contributed by atoms with van der Waals surface area (Å²) >= 11 is 7.31. The summed E-state index contributed by atoms with van der Waals surface area (Å²) in [6, 6.07) is 14.0. The van der Waals surface area contributed by atoms with E-state index in [-0.39, 0.29) is 12.4 Å². The van der Waals surface area contributed by atoms with Crippen molar-refractivity contribution in [2.24, 2.45) is 0 Å². The van der Waals surface area contributed by atoms with E-state index in [9.17, 15) is 10.2 Å². The number of hydrogen-bond donors (Lipinski definition) is 2. The number of hydrogen-bond acceptors (Lipinski definition) is 4. The van der Waals surface area contributed by atoms with Crippen molar-refractivity contribution >= 4 is 23.4 Å². The minimum absolute atomic E-state index is 0.201. The van der Waals surface area contributed by atoms with Gasteiger partial charge in [-0.05, 0) is 36.4 Å². The molecule has 1 atom stereocenters. The zero-order chi connectivity index (χ0) is 14.4. The zero-order valence-corrected chi connectivity index (χ0v) is 12.3. The summed E-state index contributed by atoms with van der Waals surface area (Å²) in [4.78, 5) is 0.909. The van der Waals surface area contributed by atoms with E-state index in [1.807, 2.05) is 6.07 Å². The van der Waals surface area contributed by atoms with Crippen molar-refractivity contribution in [2.45, 2.75) is 11.0 Å². The van der Waals surface area contributed by atoms with Crippen LogP contribution in [0.25, 0.3) is 0 Å². The molecule has 0 fully saturated rings. The first kappa shape index (κ1) is 15.0. The smallest absolute Gasteiger partial charge is 0.120 e. The third kappa shape index (κ3) is 4.96. The fourth-order valence-electron chi connectivity index (χ4n) is 1.56. The normalized spacial score (nSPS) is 12.1. The number of aliphatic hydroxyl groups is 1. The molecule has 106 valence electrons. The number of aromatic hydroxyl groups is 1. The molecule has 0 aromatic heterocycles. The number of benzene rings is 2. The minimum Gasteiger partial charge on any atom is -0.508 e. The van der Waals surface area contributed by atoms with Gasteiger partial charge < -0.3 is 14.9 Å². The van der Waals surface area contributed by atoms with Crippen LogP contribution in [0.3, 0.4) is 0 Å². The van der Waals surface area contributed by atoms with Gasteiger partial charge in [-0.3, -0.25) is 0 Å². The Balaban J connectivity index is 1.77. The number of aliphatic hydroxyl groups excluding tert-OH is 1. The lowest BCUT2D eigenvalue weighted by Gasteiger charge is -2.12. The summed E-state index contributed by atoms with van der Waals surface area (Å²) < 4.78 is 5.46. The summed E-state index contributed by atoms with van der Waals surface area (Å²) in [5.74, 6) is 1.35. The van der Waals surface area contributed by atoms with Crippen molar-refractivity contribution in [3.05, 3.63) is 53.6 Å². The number of ether oxygens (including phenoxy) is 1. The Labute approximate surface area is 127 Å². The molecule has 2 aromatic carbocycles. The molecule has 0 saturated heterocycles. The van der Waals surface area contributed by atoms with Crippen LogP contribution in [0.5, 0.6) is 11.5 Å². The van der Waals surface area contributed by atoms with E-state index < -0.39 is 6.10 Å². The average Bonchev–Trinajstić information content (AvgIpc) is 2.43. The third-order valence-electron chi connectivity index (χ3n) is 2.50. The standard InChI is InChI=1S/C15H15ClO3S/c16-11-3-1-5-14(7-11)19-9-13(18)10-20-15-6-2-4-12(17)8-15/h1-8,13,17-18H,9-10H2. The summed E-state index contributed by atoms with van der Waals surface area (Å²) in [5.41, 5.74) is 0. The van der Waals surface area contributed by atoms with Crippen LogP contribution < -0.4 is 4.74 Å². The van der Waals surface area contributed by atoms with Crippen LogP contribution in [0.1, 0.15) is 0 Å². The van der Waals surface area contributed by atoms with E-state index in [0.717, 1.165) is 4.90 Å². The Bertz CT molecular complexity index is 513. The highest BCUT2D eigenvalue weighted by Gasteiger charge is 2.07. The predicted molar refractivity (Wildman–Crippen MR) is 81.8 cm³/mol. The van der Waals surface area contributed by atoms with Crippen LogP contribution >= 0.6 is 23.4 Å². The van der Waals surface area contributed by atoms with Gasteiger partial charge in [0.25, 0.3) is 0 Å². The molecule has 20 heavy (non-hydrogen) atoms. The quantitative estimate of drug-likeness (QED) is 0.801. The van der Waals surface area contributed by atoms with Crippen molar-refractivity contribution in [2.75, 3.05) is 12.4 Å². The molecular weight excluding hydrogens is 296 g/mol. The van der Waals surface area contributed by atoms with Gasteiger partial charge in [-0.15, -0.1) is 11.8 Å². The molecule has 1 unspecified atom stereocenters. The molecule has 0 aliphatic rings. The fourth-order valence-corrected chi connectivity index (χ4v) is 2.60. The van der Waals surface area contributed by atoms with E-state index in [0.29, 0.717) is 16.5 Å². The van der Waals surface area contributed by atoms with Crippen LogP contribution in [0, 0.1) is 0 Å². The third-order valence-corrected chi connectivity index (χ3v) is 3.87. The van der Waals surface area contributed by atoms with E-state index in [4.69, 9.17) is 16.3 Å². The Morgan fingerprint density at radius 1 is 1.15 bits per heavy atom. The first-order chi connectivity index (χ1) is 9.63. The van der Waals surface area contributed by atoms with E-state index in [1.54, 1.807) is 42.5 Å². The molecule has 0 radical (unpaired) electrons. The maximum atomic E-state index is 9.87. The monoisotopic (exact) mass is 310 g/mol. The lowest BCUT2D eigenvalue weighted by molar-refractivity contribution is 0.126. The molecule has 2 aromatic rings. The first-order valence-electron chi connectivity index (χ1n) is 6.12. The van der Waals surface area contributed by atoms with Crippen molar-refractivity contribution in [1.82, 2.24) is 0 Å². The Kier molecular flexibility index (Phi) is 5.59. The molecule has 3 nitrogen and oxygen atoms in total. The Morgan fingerprint density at radius 2 is 1.95 bits per heavy atom. The molecule has 0 bridgehead atoms. The second-order valence-electron chi connectivity index (χ2n) is 4.23. The summed E-state index contributed by atoms with van der Waals surface area (Å²) in [6.07, 6.45) is -0.596. The van der Waals surface area contributed by atoms with Crippen LogP contribution in [0.15, 0.2) is 53.4 Å². The second kappa shape index (κ2) is 7.43. The molecule has 5 heteroatoms. The van der Waals surface area contributed by atoms with Crippen molar-refractivity contribution in [3.8, 4) is 11.5 Å². The maximum absolute atomic E-state index is 9.87. The van der Waals surface area contributed by atoms with Gasteiger partial charge >= 0.3 is 0 Å². The topological polar surface area (TPSA) is 49.7 Å². The van der Waals surface area contributed by atoms with Crippen molar-refractivity contribution in [3.63, 3.8) is 0 Å². The summed E-state index contributed by atoms with van der Waals surface area (Å²) in [6.45, 7) is 0.201. The summed E-state index contributed by atoms with van der Waals surface area (Å²) in [7, 11) is 0. The summed E-state index contributed by atoms with van der Waals surface area (Å²) in [5, 5.41) is 19.8. The first-order valence-corrected chi connectivity index (χ1v) is 7.48. The highest BCUT2D eigenvalue weighted by atomic mass is 35.5. The minimum atomic E-state index is -0.596. The van der Waals surface area contributed by atoms with Crippen LogP contribution in [-0.2, 0) is 0 Å². The van der Waals surface area contributed by atoms with Crippen molar-refractivity contribution < 1.29 is 14.9 Å². The Morgan fingerprint density at radius 3 is 2.70 bits per heavy atom. The predicted octanol–water partition coefficient (Wildman–Crippen LogP) is 3.58. The maximum Gasteiger partial charge on any atom is 0.120 e. The lowest BCUT2D eigenvalue weighted by Crippen LogP contribution is -2.20. The highest BCUT2D eigenvalue weighted by molar-refractivity contribution is 7.99. The van der Waals surface area contributed by atoms with E-state index in [2.05, 4.69) is 0 Å². The highest BCUT2D eigenvalue weighted by Crippen LogP contribution is 2.23. The number of rotatable bonds is 6. The molecule has 0 heterocycles. The fraction of sp³-hybridized carbons (Fsp3) is 0.200. The van der Waals surface area contributed by atoms with Gasteiger partial charge in [0.15, 0.2) is 0 Å². The SMILES string of the molecule is Oc1cccc(SCC(O)COc2cccc(Cl)c2)c1. The van der Waals surface area contributed by atoms with Gasteiger partial charge in [-0.25, -0.2) is 0 Å². The molecule has 0 amide bonds. The van der Waals surface area contributed by atoms with Crippen LogP contribution in [0.2, 0.25) is 5.02 Å². The molecule has 0 aliphatic carbocycles. The number of phenols is 1. The number of halogens is 1. The number of phenolic OH excluding ortho intramolecular Hbond substituents is 1. The van der Waals surface area contributed by atoms with Crippen molar-refractivity contribution in [1.29, 1.82) is 0 Å². The molecule has 2 N–H and O–H groups in total. The second-order valence-corrected chi connectivity index (χ2v) is 5.76. The van der Waals surface area contributed by atoms with Gasteiger partial charge in [0, 0.05) is 15.7 Å². The van der Waals surface area contributed by atoms with E-state index in [1.165, 1.54) is 11.8 Å². The largest absolute Gasteiger partial charge is 0.508 e. The van der Waals surface area contributed by atoms with Gasteiger partial charge in [0.2, 0.25) is 0 Å². The van der Waals surface area contributed by atoms with Gasteiger partial charge in [0.05, 0.1) is 6.10 Å². The molecule has 0 aliphatic heterocycles. The molecule has 2 rings (SSSR count). The van der Waals surface area contributed by atoms with Gasteiger partial charge in [-0.1, -0.05) is 23.7 Å². The molecule has 0 spiro atoms. The molecule has 0 saturated carbocycles. The van der Waals surface area contributed by atoms with Gasteiger partial charge in [0.1, 0.15) is 18.1 Å². The van der Waals surface area contributed by atoms with Gasteiger partial charge in [-0.2, -0.15) is 0 Å². The average molecular weight is 311 g/mol. The number of thioether (sulfide) groups is 1. The zero-order valence-electron chi connectivity index (χ0n) is 10.7. The lowest BCUT2D eigenvalue weighted by atomic mass is 10.3. The van der Waals surface area contributed by atoms with E-state index >= 15 is 0 Å². The van der Waals surface area contributed by atoms with Crippen LogP contribution in [0.4, 0.5) is 0 Å². The molecular formula is C15H15ClO3S.